The van der Waals surface area contributed by atoms with Gasteiger partial charge in [0.1, 0.15) is 0 Å². The number of aryl methyl sites for hydroxylation is 1. The Balaban J connectivity index is 1.45. The number of carbonyl (C=O) groups is 1. The van der Waals surface area contributed by atoms with Crippen LogP contribution in [0.2, 0.25) is 0 Å². The van der Waals surface area contributed by atoms with Crippen molar-refractivity contribution in [1.82, 2.24) is 10.6 Å². The summed E-state index contributed by atoms with van der Waals surface area (Å²) in [5.74, 6) is 0. The Kier molecular flexibility index (Phi) is 4.96. The zero-order valence-corrected chi connectivity index (χ0v) is 13.4. The lowest BCUT2D eigenvalue weighted by molar-refractivity contribution is 0.177. The summed E-state index contributed by atoms with van der Waals surface area (Å²) in [6.07, 6.45) is 5.16. The fourth-order valence-corrected chi connectivity index (χ4v) is 3.17. The van der Waals surface area contributed by atoms with Crippen LogP contribution in [0.3, 0.4) is 0 Å². The van der Waals surface area contributed by atoms with Gasteiger partial charge in [-0.1, -0.05) is 60.7 Å². The van der Waals surface area contributed by atoms with E-state index in [1.54, 1.807) is 0 Å². The molecule has 2 aromatic rings. The second kappa shape index (κ2) is 7.32. The summed E-state index contributed by atoms with van der Waals surface area (Å²) >= 11 is 0. The van der Waals surface area contributed by atoms with Crippen molar-refractivity contribution in [3.8, 4) is 0 Å². The van der Waals surface area contributed by atoms with Gasteiger partial charge in [-0.15, -0.1) is 0 Å². The molecule has 2 aromatic carbocycles. The van der Waals surface area contributed by atoms with E-state index in [1.807, 2.05) is 24.3 Å². The van der Waals surface area contributed by atoms with Gasteiger partial charge in [0.15, 0.2) is 0 Å². The lowest BCUT2D eigenvalue weighted by atomic mass is 9.72. The van der Waals surface area contributed by atoms with Gasteiger partial charge in [0.05, 0.1) is 5.54 Å². The summed E-state index contributed by atoms with van der Waals surface area (Å²) in [4.78, 5) is 12.2. The second-order valence-corrected chi connectivity index (χ2v) is 6.27. The molecule has 1 fully saturated rings. The summed E-state index contributed by atoms with van der Waals surface area (Å²) < 4.78 is 0. The quantitative estimate of drug-likeness (QED) is 0.778. The Hall–Kier alpha value is -2.29. The van der Waals surface area contributed by atoms with Gasteiger partial charge >= 0.3 is 6.03 Å². The molecule has 1 aliphatic rings. The van der Waals surface area contributed by atoms with Crippen LogP contribution in [0.15, 0.2) is 60.7 Å². The highest BCUT2D eigenvalue weighted by Crippen LogP contribution is 2.40. The van der Waals surface area contributed by atoms with Crippen LogP contribution in [0, 0.1) is 0 Å². The zero-order valence-electron chi connectivity index (χ0n) is 13.4. The first-order valence-corrected chi connectivity index (χ1v) is 8.44. The van der Waals surface area contributed by atoms with E-state index in [-0.39, 0.29) is 11.6 Å². The van der Waals surface area contributed by atoms with E-state index < -0.39 is 0 Å². The lowest BCUT2D eigenvalue weighted by Gasteiger charge is -2.43. The van der Waals surface area contributed by atoms with Crippen LogP contribution in [0.25, 0.3) is 0 Å². The number of nitrogens with one attached hydrogen (secondary N) is 2. The molecule has 0 bridgehead atoms. The number of rotatable bonds is 6. The molecule has 0 heterocycles. The molecule has 2 N–H and O–H groups in total. The maximum absolute atomic E-state index is 12.2. The van der Waals surface area contributed by atoms with Crippen molar-refractivity contribution in [3.05, 3.63) is 71.8 Å². The van der Waals surface area contributed by atoms with Gasteiger partial charge in [0, 0.05) is 6.54 Å². The number of carbonyl (C=O) groups excluding carboxylic acids is 1. The summed E-state index contributed by atoms with van der Waals surface area (Å²) in [7, 11) is 0. The van der Waals surface area contributed by atoms with Crippen molar-refractivity contribution in [2.45, 2.75) is 37.6 Å². The molecule has 3 heteroatoms. The summed E-state index contributed by atoms with van der Waals surface area (Å²) in [6.45, 7) is 0.700. The van der Waals surface area contributed by atoms with Gasteiger partial charge < -0.3 is 10.6 Å². The first-order valence-electron chi connectivity index (χ1n) is 8.44. The molecule has 2 amide bonds. The number of hydrogen-bond donors (Lipinski definition) is 2. The summed E-state index contributed by atoms with van der Waals surface area (Å²) in [5, 5.41) is 6.19. The molecule has 120 valence electrons. The molecule has 0 unspecified atom stereocenters. The third-order valence-electron chi connectivity index (χ3n) is 4.66. The first kappa shape index (κ1) is 15.6. The predicted octanol–water partition coefficient (Wildman–Crippen LogP) is 4.00. The largest absolute Gasteiger partial charge is 0.338 e. The van der Waals surface area contributed by atoms with Crippen molar-refractivity contribution < 1.29 is 4.79 Å². The van der Waals surface area contributed by atoms with Gasteiger partial charge in [-0.3, -0.25) is 0 Å². The Morgan fingerprint density at radius 2 is 1.61 bits per heavy atom. The highest BCUT2D eigenvalue weighted by molar-refractivity contribution is 5.75. The molecular formula is C20H24N2O. The molecule has 0 radical (unpaired) electrons. The topological polar surface area (TPSA) is 41.1 Å². The maximum atomic E-state index is 12.2. The van der Waals surface area contributed by atoms with Crippen molar-refractivity contribution in [2.24, 2.45) is 0 Å². The molecule has 1 saturated carbocycles. The minimum absolute atomic E-state index is 0.0541. The molecule has 0 saturated heterocycles. The van der Waals surface area contributed by atoms with Crippen LogP contribution in [0.4, 0.5) is 4.79 Å². The van der Waals surface area contributed by atoms with Gasteiger partial charge in [0.25, 0.3) is 0 Å². The number of hydrogen-bond acceptors (Lipinski definition) is 1. The van der Waals surface area contributed by atoms with Crippen LogP contribution < -0.4 is 10.6 Å². The van der Waals surface area contributed by atoms with Crippen molar-refractivity contribution in [1.29, 1.82) is 0 Å². The van der Waals surface area contributed by atoms with Gasteiger partial charge in [0.2, 0.25) is 0 Å². The fourth-order valence-electron chi connectivity index (χ4n) is 3.17. The molecule has 1 aliphatic carbocycles. The minimum atomic E-state index is -0.162. The normalized spacial score (nSPS) is 15.5. The monoisotopic (exact) mass is 308 g/mol. The van der Waals surface area contributed by atoms with E-state index in [1.165, 1.54) is 17.5 Å². The standard InChI is InChI=1S/C20H24N2O/c23-19(21-16-7-11-17-9-3-1-4-10-17)22-20(14-8-15-20)18-12-5-2-6-13-18/h1-6,9-10,12-13H,7-8,11,14-16H2,(H2,21,22,23). The molecule has 23 heavy (non-hydrogen) atoms. The average Bonchev–Trinajstić information content (AvgIpc) is 2.57. The third kappa shape index (κ3) is 3.92. The lowest BCUT2D eigenvalue weighted by Crippen LogP contribution is -2.54. The first-order chi connectivity index (χ1) is 11.3. The smallest absolute Gasteiger partial charge is 0.315 e. The molecule has 0 spiro atoms. The number of amides is 2. The zero-order chi connectivity index (χ0) is 16.0. The molecule has 0 aromatic heterocycles. The van der Waals surface area contributed by atoms with E-state index in [9.17, 15) is 4.79 Å². The average molecular weight is 308 g/mol. The Morgan fingerprint density at radius 1 is 0.957 bits per heavy atom. The minimum Gasteiger partial charge on any atom is -0.338 e. The Bertz CT molecular complexity index is 621. The maximum Gasteiger partial charge on any atom is 0.315 e. The fraction of sp³-hybridized carbons (Fsp3) is 0.350. The van der Waals surface area contributed by atoms with E-state index in [0.29, 0.717) is 6.54 Å². The van der Waals surface area contributed by atoms with Crippen LogP contribution >= 0.6 is 0 Å². The third-order valence-corrected chi connectivity index (χ3v) is 4.66. The van der Waals surface area contributed by atoms with Crippen molar-refractivity contribution >= 4 is 6.03 Å². The molecule has 3 rings (SSSR count). The van der Waals surface area contributed by atoms with Crippen molar-refractivity contribution in [3.63, 3.8) is 0 Å². The van der Waals surface area contributed by atoms with Crippen LogP contribution in [0.5, 0.6) is 0 Å². The second-order valence-electron chi connectivity index (χ2n) is 6.27. The van der Waals surface area contributed by atoms with Crippen LogP contribution in [-0.4, -0.2) is 12.6 Å². The SMILES string of the molecule is O=C(NCCCc1ccccc1)NC1(c2ccccc2)CCC1. The highest BCUT2D eigenvalue weighted by Gasteiger charge is 2.39. The van der Waals surface area contributed by atoms with E-state index >= 15 is 0 Å². The van der Waals surface area contributed by atoms with E-state index in [4.69, 9.17) is 0 Å². The van der Waals surface area contributed by atoms with Crippen LogP contribution in [0.1, 0.15) is 36.8 Å². The number of benzene rings is 2. The van der Waals surface area contributed by atoms with Crippen molar-refractivity contribution in [2.75, 3.05) is 6.54 Å². The summed E-state index contributed by atoms with van der Waals surface area (Å²) in [5.41, 5.74) is 2.37. The number of urea groups is 1. The van der Waals surface area contributed by atoms with E-state index in [2.05, 4.69) is 47.0 Å². The Morgan fingerprint density at radius 3 is 2.22 bits per heavy atom. The molecule has 0 aliphatic heterocycles. The predicted molar refractivity (Wildman–Crippen MR) is 93.3 cm³/mol. The molecule has 0 atom stereocenters. The Labute approximate surface area is 138 Å². The van der Waals surface area contributed by atoms with E-state index in [0.717, 1.165) is 25.7 Å². The molecular weight excluding hydrogens is 284 g/mol. The van der Waals surface area contributed by atoms with Gasteiger partial charge in [-0.05, 0) is 43.2 Å². The molecule has 3 nitrogen and oxygen atoms in total. The van der Waals surface area contributed by atoms with Gasteiger partial charge in [-0.25, -0.2) is 4.79 Å². The highest BCUT2D eigenvalue weighted by atomic mass is 16.2. The van der Waals surface area contributed by atoms with Crippen LogP contribution in [-0.2, 0) is 12.0 Å². The van der Waals surface area contributed by atoms with Gasteiger partial charge in [-0.2, -0.15) is 0 Å². The summed E-state index contributed by atoms with van der Waals surface area (Å²) in [6, 6.07) is 20.6.